The van der Waals surface area contributed by atoms with E-state index in [4.69, 9.17) is 9.47 Å². The van der Waals surface area contributed by atoms with Crippen LogP contribution in [0.2, 0.25) is 0 Å². The van der Waals surface area contributed by atoms with E-state index in [2.05, 4.69) is 17.7 Å². The summed E-state index contributed by atoms with van der Waals surface area (Å²) in [7, 11) is -3.62. The van der Waals surface area contributed by atoms with E-state index in [9.17, 15) is 18.6 Å². The van der Waals surface area contributed by atoms with Crippen LogP contribution in [0.3, 0.4) is 0 Å². The van der Waals surface area contributed by atoms with Gasteiger partial charge in [-0.3, -0.25) is 0 Å². The summed E-state index contributed by atoms with van der Waals surface area (Å²) in [5.41, 5.74) is 5.51. The maximum Gasteiger partial charge on any atom is 0.240 e. The van der Waals surface area contributed by atoms with Crippen molar-refractivity contribution in [3.63, 3.8) is 0 Å². The molecule has 0 spiro atoms. The number of thioether (sulfide) groups is 1. The minimum absolute atomic E-state index is 0.0135. The first-order chi connectivity index (χ1) is 20.9. The van der Waals surface area contributed by atoms with Gasteiger partial charge in [0, 0.05) is 29.5 Å². The Hall–Kier alpha value is -3.02. The largest absolute Gasteiger partial charge is 0.396 e. The molecule has 1 fully saturated rings. The Morgan fingerprint density at radius 3 is 2.23 bits per heavy atom. The quantitative estimate of drug-likeness (QED) is 0.171. The molecule has 0 radical (unpaired) electrons. The van der Waals surface area contributed by atoms with Crippen LogP contribution in [0.15, 0.2) is 108 Å². The zero-order valence-electron chi connectivity index (χ0n) is 24.0. The van der Waals surface area contributed by atoms with E-state index in [0.717, 1.165) is 39.1 Å². The van der Waals surface area contributed by atoms with E-state index in [1.807, 2.05) is 66.7 Å². The number of hydrogen-bond donors (Lipinski definition) is 3. The third-order valence-corrected chi connectivity index (χ3v) is 10.0. The van der Waals surface area contributed by atoms with Gasteiger partial charge in [0.1, 0.15) is 0 Å². The van der Waals surface area contributed by atoms with Crippen LogP contribution < -0.4 is 4.72 Å². The van der Waals surface area contributed by atoms with Crippen molar-refractivity contribution >= 4 is 21.8 Å². The molecule has 43 heavy (non-hydrogen) atoms. The lowest BCUT2D eigenvalue weighted by molar-refractivity contribution is -0.268. The molecule has 0 bridgehead atoms. The molecule has 1 aliphatic heterocycles. The Morgan fingerprint density at radius 2 is 1.51 bits per heavy atom. The molecule has 1 aliphatic rings. The average Bonchev–Trinajstić information content (AvgIpc) is 3.05. The molecule has 5 rings (SSSR count). The average molecular weight is 620 g/mol. The lowest BCUT2D eigenvalue weighted by atomic mass is 9.91. The first-order valence-corrected chi connectivity index (χ1v) is 16.9. The van der Waals surface area contributed by atoms with Gasteiger partial charge in [0.25, 0.3) is 0 Å². The summed E-state index contributed by atoms with van der Waals surface area (Å²) in [5, 5.41) is 18.8. The number of hydrogen-bond acceptors (Lipinski definition) is 7. The van der Waals surface area contributed by atoms with Gasteiger partial charge in [-0.2, -0.15) is 11.8 Å². The topological polar surface area (TPSA) is 105 Å². The molecule has 0 amide bonds. The molecule has 0 unspecified atom stereocenters. The molecule has 0 aromatic heterocycles. The molecule has 9 heteroatoms. The lowest BCUT2D eigenvalue weighted by Gasteiger charge is -2.41. The summed E-state index contributed by atoms with van der Waals surface area (Å²) < 4.78 is 41.2. The number of benzene rings is 4. The van der Waals surface area contributed by atoms with Gasteiger partial charge in [-0.25, -0.2) is 13.1 Å². The predicted octanol–water partition coefficient (Wildman–Crippen LogP) is 5.84. The van der Waals surface area contributed by atoms with Crippen LogP contribution >= 0.6 is 11.8 Å². The minimum Gasteiger partial charge on any atom is -0.396 e. The molecule has 4 aromatic carbocycles. The number of aliphatic hydroxyl groups excluding tert-OH is 2. The maximum atomic E-state index is 12.7. The summed E-state index contributed by atoms with van der Waals surface area (Å²) in [6, 6.07) is 32.0. The van der Waals surface area contributed by atoms with E-state index >= 15 is 0 Å². The Bertz CT molecular complexity index is 1580. The highest BCUT2D eigenvalue weighted by atomic mass is 32.2. The highest BCUT2D eigenvalue weighted by Gasteiger charge is 2.38. The molecule has 0 saturated carbocycles. The third kappa shape index (κ3) is 7.93. The second-order valence-corrected chi connectivity index (χ2v) is 13.5. The summed E-state index contributed by atoms with van der Waals surface area (Å²) in [4.78, 5) is 0.233. The van der Waals surface area contributed by atoms with E-state index < -0.39 is 16.3 Å². The van der Waals surface area contributed by atoms with Crippen LogP contribution in [0, 0.1) is 5.92 Å². The molecule has 1 heterocycles. The smallest absolute Gasteiger partial charge is 0.240 e. The molecular weight excluding hydrogens is 583 g/mol. The van der Waals surface area contributed by atoms with Crippen molar-refractivity contribution in [2.45, 2.75) is 43.5 Å². The van der Waals surface area contributed by atoms with Crippen LogP contribution in [0.5, 0.6) is 0 Å². The maximum absolute atomic E-state index is 12.7. The second kappa shape index (κ2) is 14.6. The summed E-state index contributed by atoms with van der Waals surface area (Å²) in [6.45, 7) is 2.40. The summed E-state index contributed by atoms with van der Waals surface area (Å²) >= 11 is 1.66. The molecule has 0 aliphatic carbocycles. The Labute approximate surface area is 257 Å². The minimum atomic E-state index is -3.62. The third-order valence-electron chi connectivity index (χ3n) is 7.58. The molecule has 4 aromatic rings. The lowest BCUT2D eigenvalue weighted by Crippen LogP contribution is -2.38. The van der Waals surface area contributed by atoms with Crippen molar-refractivity contribution in [1.29, 1.82) is 0 Å². The van der Waals surface area contributed by atoms with Gasteiger partial charge in [-0.05, 0) is 52.1 Å². The van der Waals surface area contributed by atoms with Crippen molar-refractivity contribution in [1.82, 2.24) is 4.72 Å². The number of aliphatic hydroxyl groups is 2. The standard InChI is InChI=1S/C34H37NO6S2/c1-24-32(23-42-18-17-36)40-34(41-33(24)27-15-13-25(22-37)14-16-27)30-10-6-9-29(20-30)28-8-5-7-26(19-28)21-35-43(38,39)31-11-3-2-4-12-31/h2-16,19-20,24,32-37H,17-18,21-23H2,1H3/t24-,32+,33+,34+/m1/s1. The Morgan fingerprint density at radius 1 is 0.791 bits per heavy atom. The van der Waals surface area contributed by atoms with E-state index in [1.165, 1.54) is 0 Å². The van der Waals surface area contributed by atoms with Gasteiger partial charge in [0.15, 0.2) is 6.29 Å². The van der Waals surface area contributed by atoms with Crippen LogP contribution in [0.1, 0.15) is 41.6 Å². The van der Waals surface area contributed by atoms with Crippen LogP contribution in [-0.2, 0) is 32.6 Å². The Balaban J connectivity index is 1.36. The highest BCUT2D eigenvalue weighted by Crippen LogP contribution is 2.43. The SMILES string of the molecule is C[C@@H]1[C@H](CSCCO)O[C@H](c2cccc(-c3cccc(CNS(=O)(=O)c4ccccc4)c3)c2)O[C@@H]1c1ccc(CO)cc1. The zero-order chi connectivity index (χ0) is 30.2. The van der Waals surface area contributed by atoms with Gasteiger partial charge in [-0.1, -0.05) is 85.8 Å². The van der Waals surface area contributed by atoms with Crippen LogP contribution in [0.25, 0.3) is 11.1 Å². The van der Waals surface area contributed by atoms with Crippen molar-refractivity contribution in [3.05, 3.63) is 125 Å². The fraction of sp³-hybridized carbons (Fsp3) is 0.294. The first-order valence-electron chi connectivity index (χ1n) is 14.3. The van der Waals surface area contributed by atoms with Gasteiger partial charge in [0.05, 0.1) is 30.3 Å². The van der Waals surface area contributed by atoms with Crippen molar-refractivity contribution in [3.8, 4) is 11.1 Å². The summed E-state index contributed by atoms with van der Waals surface area (Å²) in [6.07, 6.45) is -0.905. The van der Waals surface area contributed by atoms with Gasteiger partial charge >= 0.3 is 0 Å². The van der Waals surface area contributed by atoms with Crippen LogP contribution in [0.4, 0.5) is 0 Å². The summed E-state index contributed by atoms with van der Waals surface area (Å²) in [5.74, 6) is 1.44. The van der Waals surface area contributed by atoms with Crippen molar-refractivity contribution in [2.75, 3.05) is 18.1 Å². The predicted molar refractivity (Wildman–Crippen MR) is 170 cm³/mol. The van der Waals surface area contributed by atoms with E-state index in [0.29, 0.717) is 5.75 Å². The van der Waals surface area contributed by atoms with Gasteiger partial charge in [-0.15, -0.1) is 0 Å². The van der Waals surface area contributed by atoms with Crippen molar-refractivity contribution < 1.29 is 28.1 Å². The second-order valence-electron chi connectivity index (χ2n) is 10.6. The van der Waals surface area contributed by atoms with Crippen LogP contribution in [-0.4, -0.2) is 42.8 Å². The molecule has 4 atom stereocenters. The molecule has 3 N–H and O–H groups in total. The fourth-order valence-electron chi connectivity index (χ4n) is 5.16. The highest BCUT2D eigenvalue weighted by molar-refractivity contribution is 7.99. The Kier molecular flexibility index (Phi) is 10.7. The number of sulfonamides is 1. The fourth-order valence-corrected chi connectivity index (χ4v) is 7.11. The monoisotopic (exact) mass is 619 g/mol. The van der Waals surface area contributed by atoms with E-state index in [-0.39, 0.29) is 42.8 Å². The first kappa shape index (κ1) is 31.4. The zero-order valence-corrected chi connectivity index (χ0v) is 25.6. The number of nitrogens with one attached hydrogen (secondary N) is 1. The normalized spacial score (nSPS) is 20.6. The molecule has 7 nitrogen and oxygen atoms in total. The molecule has 1 saturated heterocycles. The van der Waals surface area contributed by atoms with E-state index in [1.54, 1.807) is 42.1 Å². The molecular formula is C34H37NO6S2. The molecule has 226 valence electrons. The number of rotatable bonds is 12. The number of ether oxygens (including phenoxy) is 2. The van der Waals surface area contributed by atoms with Gasteiger partial charge < -0.3 is 19.7 Å². The van der Waals surface area contributed by atoms with Crippen molar-refractivity contribution in [2.24, 2.45) is 5.92 Å². The van der Waals surface area contributed by atoms with Gasteiger partial charge in [0.2, 0.25) is 10.0 Å².